The van der Waals surface area contributed by atoms with Crippen molar-refractivity contribution >= 4 is 29.3 Å². The number of esters is 2. The van der Waals surface area contributed by atoms with Gasteiger partial charge in [0.1, 0.15) is 36.6 Å². The molecule has 0 aliphatic carbocycles. The molecule has 0 aromatic heterocycles. The van der Waals surface area contributed by atoms with E-state index in [1.54, 1.807) is 37.3 Å². The van der Waals surface area contributed by atoms with Crippen molar-refractivity contribution in [2.45, 2.75) is 155 Å². The highest BCUT2D eigenvalue weighted by Gasteiger charge is 2.51. The van der Waals surface area contributed by atoms with Gasteiger partial charge in [0.25, 0.3) is 0 Å². The topological polar surface area (TPSA) is 179 Å². The number of ketones is 3. The maximum absolute atomic E-state index is 13.4. The van der Waals surface area contributed by atoms with Gasteiger partial charge in [-0.25, -0.2) is 0 Å². The first-order valence-electron chi connectivity index (χ1n) is 23.7. The molecule has 4 aliphatic rings. The summed E-state index contributed by atoms with van der Waals surface area (Å²) in [6.07, 6.45) is 5.45. The minimum atomic E-state index is -0.940. The van der Waals surface area contributed by atoms with Crippen molar-refractivity contribution in [2.24, 2.45) is 23.7 Å². The van der Waals surface area contributed by atoms with Crippen LogP contribution in [0.2, 0.25) is 0 Å². The van der Waals surface area contributed by atoms with Crippen molar-refractivity contribution in [3.8, 4) is 0 Å². The Hall–Kier alpha value is -4.93. The number of hydrogen-bond acceptors (Lipinski definition) is 14. The monoisotopic (exact) mass is 959 g/mol. The van der Waals surface area contributed by atoms with E-state index in [4.69, 9.17) is 37.9 Å². The zero-order chi connectivity index (χ0) is 49.3. The fourth-order valence-electron chi connectivity index (χ4n) is 8.89. The smallest absolute Gasteiger partial charge is 0.302 e. The van der Waals surface area contributed by atoms with Crippen LogP contribution in [0, 0.1) is 23.7 Å². The molecule has 14 heteroatoms. The third-order valence-electron chi connectivity index (χ3n) is 12.5. The fourth-order valence-corrected chi connectivity index (χ4v) is 8.89. The summed E-state index contributed by atoms with van der Waals surface area (Å²) in [5.41, 5.74) is 1.93. The number of carbonyl (C=O) groups is 5. The number of carbonyl (C=O) groups excluding carboxylic acids is 5. The van der Waals surface area contributed by atoms with Crippen LogP contribution in [0.3, 0.4) is 0 Å². The van der Waals surface area contributed by atoms with Gasteiger partial charge < -0.3 is 43.0 Å². The normalized spacial score (nSPS) is 29.1. The highest BCUT2D eigenvalue weighted by molar-refractivity contribution is 5.96. The highest BCUT2D eigenvalue weighted by atomic mass is 16.6. The van der Waals surface area contributed by atoms with Crippen LogP contribution in [-0.4, -0.2) is 115 Å². The van der Waals surface area contributed by atoms with Gasteiger partial charge in [-0.3, -0.25) is 24.0 Å². The molecule has 14 nitrogen and oxygen atoms in total. The maximum atomic E-state index is 13.4. The van der Waals surface area contributed by atoms with Gasteiger partial charge in [0, 0.05) is 25.7 Å². The first kappa shape index (κ1) is 56.7. The van der Waals surface area contributed by atoms with Gasteiger partial charge in [0.05, 0.1) is 56.9 Å². The quantitative estimate of drug-likeness (QED) is 0.0899. The molecule has 15 atom stereocenters. The van der Waals surface area contributed by atoms with Crippen molar-refractivity contribution in [3.05, 3.63) is 121 Å². The van der Waals surface area contributed by atoms with E-state index in [1.807, 2.05) is 81.4 Å². The summed E-state index contributed by atoms with van der Waals surface area (Å²) in [7, 11) is 0. The van der Waals surface area contributed by atoms with E-state index in [0.29, 0.717) is 32.3 Å². The minimum Gasteiger partial charge on any atom is -0.466 e. The molecule has 2 aromatic rings. The molecule has 378 valence electrons. The van der Waals surface area contributed by atoms with Crippen molar-refractivity contribution in [1.29, 1.82) is 0 Å². The molecule has 2 unspecified atom stereocenters. The van der Waals surface area contributed by atoms with Crippen LogP contribution in [0.5, 0.6) is 0 Å². The van der Waals surface area contributed by atoms with E-state index >= 15 is 0 Å². The van der Waals surface area contributed by atoms with Crippen LogP contribution < -0.4 is 0 Å². The molecule has 2 saturated heterocycles. The zero-order valence-electron chi connectivity index (χ0n) is 40.2. The summed E-state index contributed by atoms with van der Waals surface area (Å²) < 4.78 is 47.0. The second-order valence-corrected chi connectivity index (χ2v) is 18.4. The number of rotatable bonds is 22. The molecule has 0 saturated carbocycles. The van der Waals surface area contributed by atoms with Crippen molar-refractivity contribution in [3.63, 3.8) is 0 Å². The van der Waals surface area contributed by atoms with Gasteiger partial charge in [-0.2, -0.15) is 0 Å². The van der Waals surface area contributed by atoms with E-state index in [1.165, 1.54) is 19.9 Å². The summed E-state index contributed by atoms with van der Waals surface area (Å²) >= 11 is 0. The number of aliphatic hydroxyl groups excluding tert-OH is 1. The number of hydrogen-bond donors (Lipinski definition) is 1. The third kappa shape index (κ3) is 16.6. The molecule has 2 fully saturated rings. The summed E-state index contributed by atoms with van der Waals surface area (Å²) in [6.45, 7) is 18.8. The van der Waals surface area contributed by atoms with Crippen LogP contribution in [0.1, 0.15) is 85.8 Å². The van der Waals surface area contributed by atoms with Crippen LogP contribution in [-0.2, 0) is 75.1 Å². The van der Waals surface area contributed by atoms with E-state index in [2.05, 4.69) is 13.2 Å². The van der Waals surface area contributed by atoms with Crippen molar-refractivity contribution in [1.82, 2.24) is 0 Å². The maximum Gasteiger partial charge on any atom is 0.302 e. The largest absolute Gasteiger partial charge is 0.466 e. The summed E-state index contributed by atoms with van der Waals surface area (Å²) in [4.78, 5) is 61.0. The van der Waals surface area contributed by atoms with E-state index in [9.17, 15) is 29.1 Å². The Morgan fingerprint density at radius 1 is 0.652 bits per heavy atom. The van der Waals surface area contributed by atoms with E-state index in [0.717, 1.165) is 11.1 Å². The Morgan fingerprint density at radius 2 is 1.12 bits per heavy atom. The molecule has 0 radical (unpaired) electrons. The fraction of sp³-hybridized carbons (Fsp3) is 0.545. The number of benzene rings is 2. The average Bonchev–Trinajstić information content (AvgIpc) is 3.80. The van der Waals surface area contributed by atoms with Crippen molar-refractivity contribution < 1.29 is 67.0 Å². The molecule has 69 heavy (non-hydrogen) atoms. The summed E-state index contributed by atoms with van der Waals surface area (Å²) in [5.74, 6) is -2.12. The Balaban J connectivity index is 0.000000296. The Kier molecular flexibility index (Phi) is 23.0. The lowest BCUT2D eigenvalue weighted by Gasteiger charge is -2.32. The molecule has 4 aliphatic heterocycles. The van der Waals surface area contributed by atoms with Gasteiger partial charge in [0.2, 0.25) is 0 Å². The predicted molar refractivity (Wildman–Crippen MR) is 260 cm³/mol. The molecule has 2 aromatic carbocycles. The minimum absolute atomic E-state index is 0. The number of ether oxygens (including phenoxy) is 8. The third-order valence-corrected chi connectivity index (χ3v) is 12.5. The SMILES string of the molecule is C.C=CC[C@@H]1C=CC(=O)C([C@@H](C)[C@@H]2O[C@H](C[C@@H](C)COC(C)=O)[C@H](OCc3ccccc3)C2=O)O1.C=CC[C@@H]1C=CC(=O)C([C@@H](C)[C@@H]2O[C@H](C[C@@H](C)COC(C)=O)[C@H](OCc3ccccc3)[C@H]2O)O1. The predicted octanol–water partition coefficient (Wildman–Crippen LogP) is 7.63. The number of aliphatic hydroxyl groups is 1. The van der Waals surface area contributed by atoms with Crippen LogP contribution in [0.4, 0.5) is 0 Å². The lowest BCUT2D eigenvalue weighted by molar-refractivity contribution is -0.145. The molecular weight excluding hydrogens is 885 g/mol. The molecule has 4 heterocycles. The average molecular weight is 959 g/mol. The van der Waals surface area contributed by atoms with E-state index < -0.39 is 66.8 Å². The standard InChI is InChI=1S/C27H36O7.C27H34O7.CH4/c2*1-5-9-21-12-13-22(29)25(33-21)18(3)26-24(30)27(32-16-20-10-7-6-8-11-20)23(34-26)14-17(2)15-31-19(4)28;/h5-8,10-13,17-18,21,23-27,30H,1,9,14-16H2,2-4H3;5-8,10-13,17-18,21,23,25-27H,1,9,14-16H2,2-4H3;1H4/t17-,18-,21-,23-,24+,25?,26+,27+;17-,18-,21-,23-,25?,26+,27+;/m11./s1. The van der Waals surface area contributed by atoms with Gasteiger partial charge in [-0.15, -0.1) is 13.2 Å². The van der Waals surface area contributed by atoms with Gasteiger partial charge in [-0.05, 0) is 60.8 Å². The molecule has 0 amide bonds. The second-order valence-electron chi connectivity index (χ2n) is 18.4. The molecular formula is C55H74O14. The molecule has 0 spiro atoms. The Bertz CT molecular complexity index is 2030. The van der Waals surface area contributed by atoms with Crippen LogP contribution >= 0.6 is 0 Å². The molecule has 0 bridgehead atoms. The first-order chi connectivity index (χ1) is 32.6. The van der Waals surface area contributed by atoms with Crippen LogP contribution in [0.25, 0.3) is 0 Å². The van der Waals surface area contributed by atoms with Crippen LogP contribution in [0.15, 0.2) is 110 Å². The Morgan fingerprint density at radius 3 is 1.59 bits per heavy atom. The lowest BCUT2D eigenvalue weighted by Crippen LogP contribution is -2.46. The summed E-state index contributed by atoms with van der Waals surface area (Å²) in [5, 5.41) is 11.2. The van der Waals surface area contributed by atoms with Gasteiger partial charge in [-0.1, -0.05) is 120 Å². The molecule has 6 rings (SSSR count). The van der Waals surface area contributed by atoms with Gasteiger partial charge >= 0.3 is 11.9 Å². The van der Waals surface area contributed by atoms with E-state index in [-0.39, 0.29) is 80.6 Å². The Labute approximate surface area is 408 Å². The lowest BCUT2D eigenvalue weighted by atomic mass is 9.88. The zero-order valence-corrected chi connectivity index (χ0v) is 40.2. The first-order valence-corrected chi connectivity index (χ1v) is 23.7. The molecule has 1 N–H and O–H groups in total. The van der Waals surface area contributed by atoms with Gasteiger partial charge in [0.15, 0.2) is 17.3 Å². The highest BCUT2D eigenvalue weighted by Crippen LogP contribution is 2.37. The number of Topliss-reactive ketones (excluding diaryl/α,β-unsaturated/α-hetero) is 1. The second kappa shape index (κ2) is 28.1. The summed E-state index contributed by atoms with van der Waals surface area (Å²) in [6, 6.07) is 19.3. The van der Waals surface area contributed by atoms with Crippen molar-refractivity contribution in [2.75, 3.05) is 13.2 Å².